The van der Waals surface area contributed by atoms with E-state index in [2.05, 4.69) is 20.2 Å². The molecule has 36 heavy (non-hydrogen) atoms. The number of hydrazone groups is 1. The third-order valence-electron chi connectivity index (χ3n) is 5.24. The molecule has 0 unspecified atom stereocenters. The minimum absolute atomic E-state index is 0.0103. The Bertz CT molecular complexity index is 1440. The number of benzene rings is 2. The van der Waals surface area contributed by atoms with E-state index in [9.17, 15) is 22.8 Å². The topological polar surface area (TPSA) is 145 Å². The Morgan fingerprint density at radius 3 is 2.44 bits per heavy atom. The number of aromatic nitrogens is 2. The zero-order chi connectivity index (χ0) is 26.3. The third kappa shape index (κ3) is 4.73. The molecule has 1 heterocycles. The van der Waals surface area contributed by atoms with Gasteiger partial charge in [0.2, 0.25) is 5.71 Å². The van der Waals surface area contributed by atoms with Gasteiger partial charge in [0, 0.05) is 6.07 Å². The molecule has 3 aromatic rings. The lowest BCUT2D eigenvalue weighted by Crippen LogP contribution is -2.34. The van der Waals surface area contributed by atoms with Gasteiger partial charge in [-0.1, -0.05) is 23.2 Å². The lowest BCUT2D eigenvalue weighted by atomic mass is 10.2. The first-order valence-corrected chi connectivity index (χ1v) is 10.7. The summed E-state index contributed by atoms with van der Waals surface area (Å²) in [6, 6.07) is 8.44. The molecule has 1 aromatic heterocycles. The van der Waals surface area contributed by atoms with Crippen molar-refractivity contribution in [2.75, 3.05) is 5.43 Å². The van der Waals surface area contributed by atoms with Crippen LogP contribution in [0.4, 0.5) is 23.7 Å². The van der Waals surface area contributed by atoms with E-state index in [1.54, 1.807) is 0 Å². The molecule has 0 spiro atoms. The number of ether oxygens (including phenoxy) is 2. The van der Waals surface area contributed by atoms with Crippen molar-refractivity contribution in [1.82, 2.24) is 9.55 Å². The number of carbonyl (C=O) groups excluding carboxylic acids is 2. The minimum Gasteiger partial charge on any atom is -0.454 e. The first-order valence-electron chi connectivity index (χ1n) is 9.92. The zero-order valence-electron chi connectivity index (χ0n) is 17.8. The molecule has 4 rings (SSSR count). The number of alkyl halides is 3. The van der Waals surface area contributed by atoms with E-state index in [0.29, 0.717) is 5.52 Å². The van der Waals surface area contributed by atoms with Gasteiger partial charge in [-0.3, -0.25) is 5.43 Å². The van der Waals surface area contributed by atoms with Crippen molar-refractivity contribution in [3.63, 3.8) is 0 Å². The highest BCUT2D eigenvalue weighted by molar-refractivity contribution is 6.44. The Kier molecular flexibility index (Phi) is 6.42. The van der Waals surface area contributed by atoms with Crippen LogP contribution in [-0.2, 0) is 15.1 Å². The lowest BCUT2D eigenvalue weighted by molar-refractivity contribution is -0.179. The van der Waals surface area contributed by atoms with Crippen LogP contribution in [0.1, 0.15) is 12.8 Å². The number of carbonyl (C=O) groups is 2. The number of nitrogens with two attached hydrogens (primary N) is 1. The molecule has 1 fully saturated rings. The molecule has 186 valence electrons. The van der Waals surface area contributed by atoms with Gasteiger partial charge in [0.25, 0.3) is 0 Å². The van der Waals surface area contributed by atoms with Crippen molar-refractivity contribution in [1.29, 1.82) is 5.26 Å². The molecule has 1 aliphatic carbocycles. The summed E-state index contributed by atoms with van der Waals surface area (Å²) in [5, 5.41) is 12.4. The van der Waals surface area contributed by atoms with E-state index in [4.69, 9.17) is 38.9 Å². The van der Waals surface area contributed by atoms with Crippen molar-refractivity contribution < 1.29 is 32.2 Å². The number of nitrogens with zero attached hydrogens (tertiary/aromatic N) is 4. The van der Waals surface area contributed by atoms with Gasteiger partial charge in [0.1, 0.15) is 17.4 Å². The van der Waals surface area contributed by atoms with Crippen LogP contribution >= 0.6 is 23.2 Å². The summed E-state index contributed by atoms with van der Waals surface area (Å²) >= 11 is 12.5. The summed E-state index contributed by atoms with van der Waals surface area (Å²) in [7, 11) is 0. The SMILES string of the molecule is N#CC(=NNc1cc(Cl)c(Oc2ccc3ncn(C4(C(F)(F)F)CC4)c3c2)c(Cl)c1)C(=O)OC(N)=O. The maximum atomic E-state index is 13.6. The number of rotatable bonds is 6. The van der Waals surface area contributed by atoms with Gasteiger partial charge in [0.05, 0.1) is 33.1 Å². The number of imidazole rings is 1. The van der Waals surface area contributed by atoms with Gasteiger partial charge >= 0.3 is 18.2 Å². The average molecular weight is 541 g/mol. The molecule has 0 bridgehead atoms. The Balaban J connectivity index is 1.58. The van der Waals surface area contributed by atoms with Crippen LogP contribution in [0.5, 0.6) is 11.5 Å². The first-order chi connectivity index (χ1) is 16.9. The quantitative estimate of drug-likeness (QED) is 0.191. The van der Waals surface area contributed by atoms with Gasteiger partial charge in [0.15, 0.2) is 5.75 Å². The molecule has 10 nitrogen and oxygen atoms in total. The van der Waals surface area contributed by atoms with Crippen LogP contribution in [-0.4, -0.2) is 33.5 Å². The molecule has 0 saturated heterocycles. The fourth-order valence-corrected chi connectivity index (χ4v) is 3.95. The Labute approximate surface area is 210 Å². The van der Waals surface area contributed by atoms with E-state index < -0.39 is 29.5 Å². The van der Waals surface area contributed by atoms with E-state index in [1.807, 2.05) is 0 Å². The molecule has 0 aliphatic heterocycles. The van der Waals surface area contributed by atoms with Gasteiger partial charge in [-0.05, 0) is 37.1 Å². The Hall–Kier alpha value is -4.02. The molecule has 2 aromatic carbocycles. The number of anilines is 1. The molecule has 1 saturated carbocycles. The average Bonchev–Trinajstić information content (AvgIpc) is 3.50. The molecule has 3 N–H and O–H groups in total. The number of nitrogens with one attached hydrogen (secondary N) is 1. The molecular formula is C21H13Cl2F3N6O4. The monoisotopic (exact) mass is 540 g/mol. The van der Waals surface area contributed by atoms with Crippen molar-refractivity contribution in [3.8, 4) is 17.6 Å². The number of halogens is 5. The van der Waals surface area contributed by atoms with E-state index in [1.165, 1.54) is 36.4 Å². The number of hydrogen-bond donors (Lipinski definition) is 2. The molecule has 1 aliphatic rings. The van der Waals surface area contributed by atoms with Crippen LogP contribution in [0.15, 0.2) is 41.8 Å². The molecular weight excluding hydrogens is 528 g/mol. The van der Waals surface area contributed by atoms with Crippen LogP contribution < -0.4 is 15.9 Å². The van der Waals surface area contributed by atoms with Crippen molar-refractivity contribution in [3.05, 3.63) is 46.7 Å². The van der Waals surface area contributed by atoms with Crippen LogP contribution in [0.3, 0.4) is 0 Å². The van der Waals surface area contributed by atoms with Gasteiger partial charge in [-0.2, -0.15) is 23.5 Å². The fraction of sp³-hybridized carbons (Fsp3) is 0.190. The number of hydrogen-bond acceptors (Lipinski definition) is 8. The smallest absolute Gasteiger partial charge is 0.412 e. The number of esters is 1. The van der Waals surface area contributed by atoms with Crippen LogP contribution in [0.25, 0.3) is 11.0 Å². The predicted molar refractivity (Wildman–Crippen MR) is 122 cm³/mol. The summed E-state index contributed by atoms with van der Waals surface area (Å²) in [5.41, 5.74) is 5.00. The van der Waals surface area contributed by atoms with Crippen LogP contribution in [0.2, 0.25) is 10.0 Å². The second kappa shape index (κ2) is 9.21. The zero-order valence-corrected chi connectivity index (χ0v) is 19.3. The third-order valence-corrected chi connectivity index (χ3v) is 5.80. The van der Waals surface area contributed by atoms with Gasteiger partial charge < -0.3 is 19.8 Å². The molecule has 0 atom stereocenters. The number of primary amides is 1. The van der Waals surface area contributed by atoms with Crippen molar-refractivity contribution in [2.24, 2.45) is 10.8 Å². The standard InChI is InChI=1S/C21H13Cl2F3N6O4/c22-12-5-10(30-31-15(8-27)18(33)36-19(28)34)6-13(23)17(12)35-11-1-2-14-16(7-11)32(9-29-14)20(3-4-20)21(24,25)26/h1-2,5-7,9,30H,3-4H2,(H2,28,34). The van der Waals surface area contributed by atoms with E-state index in [-0.39, 0.29) is 45.6 Å². The maximum Gasteiger partial charge on any atom is 0.412 e. The second-order valence-corrected chi connectivity index (χ2v) is 8.37. The summed E-state index contributed by atoms with van der Waals surface area (Å²) < 4.78 is 51.8. The molecule has 1 amide bonds. The minimum atomic E-state index is -4.43. The molecule has 15 heteroatoms. The largest absolute Gasteiger partial charge is 0.454 e. The van der Waals surface area contributed by atoms with E-state index >= 15 is 0 Å². The van der Waals surface area contributed by atoms with Crippen LogP contribution in [0, 0.1) is 11.3 Å². The fourth-order valence-electron chi connectivity index (χ4n) is 3.39. The van der Waals surface area contributed by atoms with Crippen molar-refractivity contribution in [2.45, 2.75) is 24.6 Å². The van der Waals surface area contributed by atoms with Gasteiger partial charge in [-0.15, -0.1) is 0 Å². The molecule has 0 radical (unpaired) electrons. The normalized spacial score (nSPS) is 14.7. The predicted octanol–water partition coefficient (Wildman–Crippen LogP) is 5.10. The summed E-state index contributed by atoms with van der Waals surface area (Å²) in [6.07, 6.45) is -4.78. The van der Waals surface area contributed by atoms with Crippen molar-refractivity contribution >= 4 is 57.7 Å². The highest BCUT2D eigenvalue weighted by Crippen LogP contribution is 2.56. The van der Waals surface area contributed by atoms with E-state index in [0.717, 1.165) is 10.9 Å². The Morgan fingerprint density at radius 2 is 1.89 bits per heavy atom. The maximum absolute atomic E-state index is 13.6. The summed E-state index contributed by atoms with van der Waals surface area (Å²) in [5.74, 6) is -1.22. The Morgan fingerprint density at radius 1 is 1.22 bits per heavy atom. The number of nitriles is 1. The number of fused-ring (bicyclic) bond motifs is 1. The number of amides is 1. The highest BCUT2D eigenvalue weighted by Gasteiger charge is 2.65. The van der Waals surface area contributed by atoms with Gasteiger partial charge in [-0.25, -0.2) is 14.6 Å². The second-order valence-electron chi connectivity index (χ2n) is 7.56. The summed E-state index contributed by atoms with van der Waals surface area (Å²) in [4.78, 5) is 26.3. The highest BCUT2D eigenvalue weighted by atomic mass is 35.5. The lowest BCUT2D eigenvalue weighted by Gasteiger charge is -2.21. The summed E-state index contributed by atoms with van der Waals surface area (Å²) in [6.45, 7) is 0. The first kappa shape index (κ1) is 25.1.